The van der Waals surface area contributed by atoms with Crippen LogP contribution in [0.25, 0.3) is 10.8 Å². The molecule has 102 valence electrons. The summed E-state index contributed by atoms with van der Waals surface area (Å²) < 4.78 is 1.97. The van der Waals surface area contributed by atoms with Gasteiger partial charge in [-0.15, -0.1) is 0 Å². The molecule has 0 fully saturated rings. The number of nitrogens with one attached hydrogen (secondary N) is 1. The summed E-state index contributed by atoms with van der Waals surface area (Å²) in [6, 6.07) is 17.4. The first-order valence-corrected chi connectivity index (χ1v) is 7.06. The second kappa shape index (κ2) is 5.88. The molecule has 0 radical (unpaired) electrons. The minimum Gasteiger partial charge on any atom is -0.309 e. The average Bonchev–Trinajstić information content (AvgIpc) is 2.99. The Morgan fingerprint density at radius 2 is 1.95 bits per heavy atom. The average molecular weight is 265 g/mol. The van der Waals surface area contributed by atoms with Crippen LogP contribution in [0.3, 0.4) is 0 Å². The third kappa shape index (κ3) is 2.73. The van der Waals surface area contributed by atoms with E-state index in [0.717, 1.165) is 13.1 Å². The number of hydrogen-bond acceptors (Lipinski definition) is 2. The van der Waals surface area contributed by atoms with Crippen LogP contribution in [0, 0.1) is 0 Å². The number of likely N-dealkylation sites (N-methyl/N-ethyl adjacent to an activating group) is 1. The quantitative estimate of drug-likeness (QED) is 0.766. The van der Waals surface area contributed by atoms with E-state index in [9.17, 15) is 0 Å². The highest BCUT2D eigenvalue weighted by atomic mass is 15.3. The molecule has 0 spiro atoms. The molecule has 0 aliphatic rings. The third-order valence-electron chi connectivity index (χ3n) is 3.56. The predicted molar refractivity (Wildman–Crippen MR) is 82.6 cm³/mol. The maximum Gasteiger partial charge on any atom is 0.0604 e. The molecule has 0 amide bonds. The minimum absolute atomic E-state index is 0.282. The number of rotatable bonds is 5. The lowest BCUT2D eigenvalue weighted by molar-refractivity contribution is 0.448. The molecule has 3 aromatic rings. The molecular weight excluding hydrogens is 246 g/mol. The van der Waals surface area contributed by atoms with E-state index in [2.05, 4.69) is 59.8 Å². The van der Waals surface area contributed by atoms with Crippen molar-refractivity contribution in [2.45, 2.75) is 19.5 Å². The van der Waals surface area contributed by atoms with Gasteiger partial charge < -0.3 is 5.32 Å². The molecule has 0 bridgehead atoms. The smallest absolute Gasteiger partial charge is 0.0604 e. The highest BCUT2D eigenvalue weighted by Crippen LogP contribution is 2.21. The first-order valence-electron chi connectivity index (χ1n) is 7.06. The second-order valence-electron chi connectivity index (χ2n) is 4.94. The van der Waals surface area contributed by atoms with Crippen molar-refractivity contribution in [3.63, 3.8) is 0 Å². The molecule has 0 aliphatic carbocycles. The molecular formula is C17H19N3. The minimum atomic E-state index is 0.282. The van der Waals surface area contributed by atoms with Crippen LogP contribution < -0.4 is 5.32 Å². The standard InChI is InChI=1S/C17H19N3/c1-2-18-17(13-20-11-5-10-19-20)16-9-8-14-6-3-4-7-15(14)12-16/h3-12,17-18H,2,13H2,1H3. The van der Waals surface area contributed by atoms with Gasteiger partial charge in [-0.1, -0.05) is 43.3 Å². The summed E-state index contributed by atoms with van der Waals surface area (Å²) in [7, 11) is 0. The van der Waals surface area contributed by atoms with E-state index in [-0.39, 0.29) is 6.04 Å². The largest absolute Gasteiger partial charge is 0.309 e. The second-order valence-corrected chi connectivity index (χ2v) is 4.94. The zero-order valence-electron chi connectivity index (χ0n) is 11.7. The van der Waals surface area contributed by atoms with Crippen LogP contribution in [0.1, 0.15) is 18.5 Å². The molecule has 3 rings (SSSR count). The van der Waals surface area contributed by atoms with Gasteiger partial charge in [-0.05, 0) is 35.0 Å². The van der Waals surface area contributed by atoms with Gasteiger partial charge in [0.15, 0.2) is 0 Å². The SMILES string of the molecule is CCNC(Cn1cccn1)c1ccc2ccccc2c1. The Balaban J connectivity index is 1.91. The maximum absolute atomic E-state index is 4.30. The fourth-order valence-corrected chi connectivity index (χ4v) is 2.55. The molecule has 2 aromatic carbocycles. The molecule has 3 nitrogen and oxygen atoms in total. The molecule has 1 N–H and O–H groups in total. The Morgan fingerprint density at radius 1 is 1.10 bits per heavy atom. The number of benzene rings is 2. The van der Waals surface area contributed by atoms with Gasteiger partial charge in [-0.3, -0.25) is 4.68 Å². The molecule has 3 heteroatoms. The van der Waals surface area contributed by atoms with Gasteiger partial charge in [0.25, 0.3) is 0 Å². The Morgan fingerprint density at radius 3 is 2.70 bits per heavy atom. The van der Waals surface area contributed by atoms with Crippen molar-refractivity contribution in [3.05, 3.63) is 66.5 Å². The zero-order valence-corrected chi connectivity index (χ0v) is 11.7. The van der Waals surface area contributed by atoms with E-state index in [1.807, 2.05) is 23.1 Å². The number of hydrogen-bond donors (Lipinski definition) is 1. The highest BCUT2D eigenvalue weighted by Gasteiger charge is 2.11. The van der Waals surface area contributed by atoms with E-state index < -0.39 is 0 Å². The molecule has 1 aromatic heterocycles. The predicted octanol–water partition coefficient (Wildman–Crippen LogP) is 3.39. The van der Waals surface area contributed by atoms with Crippen molar-refractivity contribution in [1.82, 2.24) is 15.1 Å². The fraction of sp³-hybridized carbons (Fsp3) is 0.235. The number of aromatic nitrogens is 2. The summed E-state index contributed by atoms with van der Waals surface area (Å²) in [4.78, 5) is 0. The summed E-state index contributed by atoms with van der Waals surface area (Å²) >= 11 is 0. The molecule has 1 unspecified atom stereocenters. The van der Waals surface area contributed by atoms with Crippen molar-refractivity contribution in [1.29, 1.82) is 0 Å². The van der Waals surface area contributed by atoms with Gasteiger partial charge in [0.1, 0.15) is 0 Å². The van der Waals surface area contributed by atoms with Gasteiger partial charge in [0.2, 0.25) is 0 Å². The molecule has 0 saturated carbocycles. The van der Waals surface area contributed by atoms with Gasteiger partial charge in [-0.25, -0.2) is 0 Å². The summed E-state index contributed by atoms with van der Waals surface area (Å²) in [5.41, 5.74) is 1.31. The van der Waals surface area contributed by atoms with Crippen molar-refractivity contribution >= 4 is 10.8 Å². The van der Waals surface area contributed by atoms with Crippen molar-refractivity contribution in [2.24, 2.45) is 0 Å². The monoisotopic (exact) mass is 265 g/mol. The summed E-state index contributed by atoms with van der Waals surface area (Å²) in [5, 5.41) is 10.4. The Kier molecular flexibility index (Phi) is 3.79. The Hall–Kier alpha value is -2.13. The molecule has 0 aliphatic heterocycles. The lowest BCUT2D eigenvalue weighted by Gasteiger charge is -2.19. The van der Waals surface area contributed by atoms with E-state index >= 15 is 0 Å². The Labute approximate surface area is 119 Å². The van der Waals surface area contributed by atoms with Crippen LogP contribution in [-0.2, 0) is 6.54 Å². The molecule has 0 saturated heterocycles. The first kappa shape index (κ1) is 12.9. The molecule has 1 heterocycles. The zero-order chi connectivity index (χ0) is 13.8. The van der Waals surface area contributed by atoms with Crippen LogP contribution in [-0.4, -0.2) is 16.3 Å². The van der Waals surface area contributed by atoms with Crippen LogP contribution in [0.2, 0.25) is 0 Å². The first-order chi connectivity index (χ1) is 9.86. The van der Waals surface area contributed by atoms with Crippen molar-refractivity contribution in [3.8, 4) is 0 Å². The van der Waals surface area contributed by atoms with Crippen LogP contribution in [0.5, 0.6) is 0 Å². The summed E-state index contributed by atoms with van der Waals surface area (Å²) in [6.45, 7) is 3.93. The van der Waals surface area contributed by atoms with Gasteiger partial charge in [0, 0.05) is 12.4 Å². The number of nitrogens with zero attached hydrogens (tertiary/aromatic N) is 2. The summed E-state index contributed by atoms with van der Waals surface area (Å²) in [5.74, 6) is 0. The van der Waals surface area contributed by atoms with Crippen molar-refractivity contribution in [2.75, 3.05) is 6.54 Å². The van der Waals surface area contributed by atoms with E-state index in [0.29, 0.717) is 0 Å². The van der Waals surface area contributed by atoms with Crippen molar-refractivity contribution < 1.29 is 0 Å². The lowest BCUT2D eigenvalue weighted by Crippen LogP contribution is -2.25. The number of fused-ring (bicyclic) bond motifs is 1. The maximum atomic E-state index is 4.30. The van der Waals surface area contributed by atoms with E-state index in [4.69, 9.17) is 0 Å². The van der Waals surface area contributed by atoms with Gasteiger partial charge in [-0.2, -0.15) is 5.10 Å². The Bertz CT molecular complexity index is 674. The topological polar surface area (TPSA) is 29.9 Å². The van der Waals surface area contributed by atoms with Gasteiger partial charge >= 0.3 is 0 Å². The van der Waals surface area contributed by atoms with Gasteiger partial charge in [0.05, 0.1) is 12.6 Å². The lowest BCUT2D eigenvalue weighted by atomic mass is 10.0. The molecule has 1 atom stereocenters. The summed E-state index contributed by atoms with van der Waals surface area (Å²) in [6.07, 6.45) is 3.83. The van der Waals surface area contributed by atoms with Crippen LogP contribution in [0.4, 0.5) is 0 Å². The van der Waals surface area contributed by atoms with E-state index in [1.54, 1.807) is 0 Å². The third-order valence-corrected chi connectivity index (χ3v) is 3.56. The van der Waals surface area contributed by atoms with Crippen LogP contribution in [0.15, 0.2) is 60.9 Å². The molecule has 20 heavy (non-hydrogen) atoms. The highest BCUT2D eigenvalue weighted by molar-refractivity contribution is 5.83. The van der Waals surface area contributed by atoms with Crippen LogP contribution >= 0.6 is 0 Å². The van der Waals surface area contributed by atoms with E-state index in [1.165, 1.54) is 16.3 Å². The fourth-order valence-electron chi connectivity index (χ4n) is 2.55. The normalized spacial score (nSPS) is 12.7.